The van der Waals surface area contributed by atoms with E-state index in [4.69, 9.17) is 0 Å². The third kappa shape index (κ3) is 0.999. The fourth-order valence-corrected chi connectivity index (χ4v) is 1.95. The smallest absolute Gasteiger partial charge is 0.119 e. The van der Waals surface area contributed by atoms with Crippen molar-refractivity contribution >= 4 is 5.52 Å². The van der Waals surface area contributed by atoms with Crippen LogP contribution >= 0.6 is 0 Å². The monoisotopic (exact) mass is 186 g/mol. The van der Waals surface area contributed by atoms with Gasteiger partial charge in [-0.1, -0.05) is 13.0 Å². The predicted molar refractivity (Wildman–Crippen MR) is 56.5 cm³/mol. The summed E-state index contributed by atoms with van der Waals surface area (Å²) < 4.78 is 2.24. The van der Waals surface area contributed by atoms with Gasteiger partial charge in [0.25, 0.3) is 0 Å². The van der Waals surface area contributed by atoms with Gasteiger partial charge in [0.15, 0.2) is 0 Å². The lowest BCUT2D eigenvalue weighted by Gasteiger charge is -2.07. The fraction of sp³-hybridized carbons (Fsp3) is 0.417. The molecule has 1 aliphatic rings. The van der Waals surface area contributed by atoms with E-state index in [9.17, 15) is 0 Å². The molecule has 0 saturated heterocycles. The lowest BCUT2D eigenvalue weighted by molar-refractivity contribution is 0.704. The van der Waals surface area contributed by atoms with Crippen LogP contribution in [0.3, 0.4) is 0 Å². The fourth-order valence-electron chi connectivity index (χ4n) is 1.95. The van der Waals surface area contributed by atoms with Gasteiger partial charge in [-0.15, -0.1) is 0 Å². The van der Waals surface area contributed by atoms with Gasteiger partial charge in [0.2, 0.25) is 0 Å². The summed E-state index contributed by atoms with van der Waals surface area (Å²) in [7, 11) is 0. The molecule has 72 valence electrons. The minimum atomic E-state index is 0.347. The second-order valence-electron chi connectivity index (χ2n) is 4.64. The summed E-state index contributed by atoms with van der Waals surface area (Å²) in [5, 5.41) is 0. The molecule has 0 spiro atoms. The van der Waals surface area contributed by atoms with Crippen LogP contribution in [0.1, 0.15) is 31.2 Å². The quantitative estimate of drug-likeness (QED) is 0.669. The normalized spacial score (nSPS) is 18.7. The van der Waals surface area contributed by atoms with Crippen LogP contribution in [-0.4, -0.2) is 9.38 Å². The minimum Gasteiger partial charge on any atom is -0.303 e. The van der Waals surface area contributed by atoms with Crippen molar-refractivity contribution in [1.29, 1.82) is 0 Å². The maximum atomic E-state index is 4.53. The van der Waals surface area contributed by atoms with Crippen molar-refractivity contribution in [2.24, 2.45) is 0 Å². The largest absolute Gasteiger partial charge is 0.303 e. The van der Waals surface area contributed by atoms with Crippen molar-refractivity contribution in [3.63, 3.8) is 0 Å². The van der Waals surface area contributed by atoms with Crippen molar-refractivity contribution in [2.45, 2.75) is 32.1 Å². The molecular weight excluding hydrogens is 172 g/mol. The van der Waals surface area contributed by atoms with Crippen LogP contribution in [-0.2, 0) is 5.41 Å². The van der Waals surface area contributed by atoms with Gasteiger partial charge in [0, 0.05) is 11.6 Å². The van der Waals surface area contributed by atoms with Crippen LogP contribution in [0.4, 0.5) is 0 Å². The molecule has 0 aromatic carbocycles. The van der Waals surface area contributed by atoms with E-state index in [1.807, 2.05) is 6.20 Å². The molecule has 2 heterocycles. The number of imidazole rings is 1. The predicted octanol–water partition coefficient (Wildman–Crippen LogP) is 2.69. The molecule has 2 nitrogen and oxygen atoms in total. The topological polar surface area (TPSA) is 17.3 Å². The van der Waals surface area contributed by atoms with E-state index >= 15 is 0 Å². The molecule has 1 fully saturated rings. The molecule has 14 heavy (non-hydrogen) atoms. The molecule has 0 N–H and O–H groups in total. The van der Waals surface area contributed by atoms with Crippen molar-refractivity contribution in [2.75, 3.05) is 0 Å². The van der Waals surface area contributed by atoms with Gasteiger partial charge in [-0.2, -0.15) is 0 Å². The van der Waals surface area contributed by atoms with Crippen molar-refractivity contribution in [3.8, 4) is 0 Å². The third-order valence-electron chi connectivity index (χ3n) is 3.22. The van der Waals surface area contributed by atoms with Crippen molar-refractivity contribution < 1.29 is 0 Å². The average molecular weight is 186 g/mol. The zero-order valence-electron chi connectivity index (χ0n) is 8.62. The molecule has 3 rings (SSSR count). The van der Waals surface area contributed by atoms with Crippen LogP contribution in [0.2, 0.25) is 0 Å². The van der Waals surface area contributed by atoms with Crippen molar-refractivity contribution in [3.05, 3.63) is 35.9 Å². The molecule has 1 aliphatic carbocycles. The van der Waals surface area contributed by atoms with Gasteiger partial charge in [-0.05, 0) is 31.4 Å². The lowest BCUT2D eigenvalue weighted by atomic mass is 10.1. The van der Waals surface area contributed by atoms with Crippen LogP contribution in [0, 0.1) is 6.92 Å². The number of aromatic nitrogens is 2. The van der Waals surface area contributed by atoms with E-state index in [-0.39, 0.29) is 0 Å². The van der Waals surface area contributed by atoms with E-state index in [0.29, 0.717) is 5.41 Å². The Morgan fingerprint density at radius 1 is 1.36 bits per heavy atom. The number of pyridine rings is 1. The Kier molecular flexibility index (Phi) is 1.37. The second kappa shape index (κ2) is 2.38. The van der Waals surface area contributed by atoms with E-state index in [1.165, 1.54) is 29.7 Å². The Balaban J connectivity index is 2.29. The van der Waals surface area contributed by atoms with Gasteiger partial charge in [-0.25, -0.2) is 4.98 Å². The lowest BCUT2D eigenvalue weighted by Crippen LogP contribution is -2.06. The Hall–Kier alpha value is -1.31. The highest BCUT2D eigenvalue weighted by atomic mass is 15.0. The zero-order chi connectivity index (χ0) is 9.76. The number of aryl methyl sites for hydroxylation is 1. The molecule has 1 saturated carbocycles. The Labute approximate surface area is 83.6 Å². The molecule has 0 unspecified atom stereocenters. The summed E-state index contributed by atoms with van der Waals surface area (Å²) >= 11 is 0. The molecule has 2 aromatic rings. The molecule has 0 amide bonds. The molecular formula is C12H14N2. The summed E-state index contributed by atoms with van der Waals surface area (Å²) in [6, 6.07) is 4.27. The summed E-state index contributed by atoms with van der Waals surface area (Å²) in [6.07, 6.45) is 6.71. The van der Waals surface area contributed by atoms with Gasteiger partial charge in [0.05, 0.1) is 11.7 Å². The number of rotatable bonds is 1. The molecule has 0 bridgehead atoms. The first-order valence-corrected chi connectivity index (χ1v) is 5.13. The van der Waals surface area contributed by atoms with Crippen LogP contribution in [0.15, 0.2) is 24.5 Å². The Morgan fingerprint density at radius 2 is 2.14 bits per heavy atom. The van der Waals surface area contributed by atoms with Crippen LogP contribution < -0.4 is 0 Å². The van der Waals surface area contributed by atoms with Gasteiger partial charge >= 0.3 is 0 Å². The first-order valence-electron chi connectivity index (χ1n) is 5.13. The molecule has 0 radical (unpaired) electrons. The highest BCUT2D eigenvalue weighted by molar-refractivity contribution is 5.48. The van der Waals surface area contributed by atoms with E-state index < -0.39 is 0 Å². The molecule has 2 heteroatoms. The maximum absolute atomic E-state index is 4.53. The summed E-state index contributed by atoms with van der Waals surface area (Å²) in [5.41, 5.74) is 2.85. The first kappa shape index (κ1) is 8.04. The second-order valence-corrected chi connectivity index (χ2v) is 4.64. The van der Waals surface area contributed by atoms with Gasteiger partial charge in [-0.3, -0.25) is 0 Å². The summed E-state index contributed by atoms with van der Waals surface area (Å²) in [4.78, 5) is 4.53. The first-order chi connectivity index (χ1) is 6.69. The third-order valence-corrected chi connectivity index (χ3v) is 3.22. The minimum absolute atomic E-state index is 0.347. The number of nitrogens with zero attached hydrogens (tertiary/aromatic N) is 2. The van der Waals surface area contributed by atoms with E-state index in [0.717, 1.165) is 0 Å². The average Bonchev–Trinajstić information content (AvgIpc) is 2.77. The Morgan fingerprint density at radius 3 is 2.86 bits per heavy atom. The highest BCUT2D eigenvalue weighted by Gasteiger charge is 2.42. The molecule has 0 atom stereocenters. The standard InChI is InChI=1S/C12H14N2/c1-9-3-4-10-7-13-11(14(10)8-9)12(2)5-6-12/h3-4,7-8H,5-6H2,1-2H3. The van der Waals surface area contributed by atoms with Crippen LogP contribution in [0.5, 0.6) is 0 Å². The van der Waals surface area contributed by atoms with Gasteiger partial charge in [0.1, 0.15) is 5.82 Å². The van der Waals surface area contributed by atoms with E-state index in [2.05, 4.69) is 41.6 Å². The number of hydrogen-bond donors (Lipinski definition) is 0. The summed E-state index contributed by atoms with van der Waals surface area (Å²) in [5.74, 6) is 1.23. The zero-order valence-corrected chi connectivity index (χ0v) is 8.62. The number of hydrogen-bond acceptors (Lipinski definition) is 1. The van der Waals surface area contributed by atoms with Crippen molar-refractivity contribution in [1.82, 2.24) is 9.38 Å². The van der Waals surface area contributed by atoms with E-state index in [1.54, 1.807) is 0 Å². The van der Waals surface area contributed by atoms with Crippen LogP contribution in [0.25, 0.3) is 5.52 Å². The van der Waals surface area contributed by atoms with Gasteiger partial charge < -0.3 is 4.40 Å². The highest BCUT2D eigenvalue weighted by Crippen LogP contribution is 2.46. The number of fused-ring (bicyclic) bond motifs is 1. The summed E-state index contributed by atoms with van der Waals surface area (Å²) in [6.45, 7) is 4.42. The SMILES string of the molecule is Cc1ccc2cnc(C3(C)CC3)n2c1. The maximum Gasteiger partial charge on any atom is 0.119 e. The Bertz CT molecular complexity index is 492. The molecule has 2 aromatic heterocycles. The molecule has 0 aliphatic heterocycles.